The third kappa shape index (κ3) is 3.01. The maximum absolute atomic E-state index is 12.9. The summed E-state index contributed by atoms with van der Waals surface area (Å²) in [7, 11) is 0. The molecular weight excluding hydrogens is 276 g/mol. The maximum atomic E-state index is 12.9. The zero-order chi connectivity index (χ0) is 15.5. The van der Waals surface area contributed by atoms with E-state index < -0.39 is 6.10 Å². The number of oxime groups is 1. The fourth-order valence-electron chi connectivity index (χ4n) is 3.52. The van der Waals surface area contributed by atoms with E-state index in [4.69, 9.17) is 4.84 Å². The quantitative estimate of drug-likeness (QED) is 0.855. The second kappa shape index (κ2) is 6.51. The van der Waals surface area contributed by atoms with Gasteiger partial charge in [0, 0.05) is 18.5 Å². The number of hydrogen-bond acceptors (Lipinski definition) is 3. The van der Waals surface area contributed by atoms with Gasteiger partial charge in [-0.1, -0.05) is 48.3 Å². The fraction of sp³-hybridized carbons (Fsp3) is 0.556. The summed E-state index contributed by atoms with van der Waals surface area (Å²) in [6.07, 6.45) is 4.78. The van der Waals surface area contributed by atoms with Crippen molar-refractivity contribution in [3.05, 3.63) is 35.9 Å². The first-order valence-corrected chi connectivity index (χ1v) is 8.27. The van der Waals surface area contributed by atoms with E-state index in [1.807, 2.05) is 35.2 Å². The summed E-state index contributed by atoms with van der Waals surface area (Å²) in [4.78, 5) is 20.4. The second-order valence-corrected chi connectivity index (χ2v) is 6.48. The lowest BCUT2D eigenvalue weighted by atomic mass is 10.0. The summed E-state index contributed by atoms with van der Waals surface area (Å²) in [5.74, 6) is 0.0941. The van der Waals surface area contributed by atoms with Crippen LogP contribution in [0.1, 0.15) is 51.5 Å². The van der Waals surface area contributed by atoms with Crippen LogP contribution in [0.15, 0.2) is 35.5 Å². The van der Waals surface area contributed by atoms with Crippen LogP contribution in [0.2, 0.25) is 0 Å². The summed E-state index contributed by atoms with van der Waals surface area (Å²) < 4.78 is 0. The first-order valence-electron chi connectivity index (χ1n) is 8.27. The van der Waals surface area contributed by atoms with Crippen molar-refractivity contribution in [3.63, 3.8) is 0 Å². The van der Waals surface area contributed by atoms with Gasteiger partial charge in [0.25, 0.3) is 5.91 Å². The third-order valence-corrected chi connectivity index (χ3v) is 4.58. The highest BCUT2D eigenvalue weighted by molar-refractivity contribution is 6.04. The summed E-state index contributed by atoms with van der Waals surface area (Å²) in [5, 5.41) is 4.15. The summed E-state index contributed by atoms with van der Waals surface area (Å²) in [6, 6.07) is 10.5. The lowest BCUT2D eigenvalue weighted by molar-refractivity contribution is -0.146. The minimum Gasteiger partial charge on any atom is -0.382 e. The maximum Gasteiger partial charge on any atom is 0.267 e. The average molecular weight is 300 g/mol. The molecule has 0 N–H and O–H groups in total. The van der Waals surface area contributed by atoms with Crippen molar-refractivity contribution >= 4 is 11.6 Å². The summed E-state index contributed by atoms with van der Waals surface area (Å²) >= 11 is 0. The van der Waals surface area contributed by atoms with Crippen LogP contribution in [0.25, 0.3) is 0 Å². The molecule has 1 unspecified atom stereocenters. The number of rotatable bonds is 4. The average Bonchev–Trinajstić information content (AvgIpc) is 3.19. The molecule has 1 heterocycles. The Morgan fingerprint density at radius 1 is 1.23 bits per heavy atom. The van der Waals surface area contributed by atoms with Crippen molar-refractivity contribution in [3.8, 4) is 0 Å². The minimum absolute atomic E-state index is 0.0941. The van der Waals surface area contributed by atoms with E-state index in [0.29, 0.717) is 12.5 Å². The highest BCUT2D eigenvalue weighted by atomic mass is 16.6. The predicted molar refractivity (Wildman–Crippen MR) is 86.7 cm³/mol. The molecule has 1 fully saturated rings. The molecule has 1 atom stereocenters. The number of amides is 1. The number of carbonyl (C=O) groups is 1. The number of benzene rings is 1. The molecule has 2 aliphatic rings. The van der Waals surface area contributed by atoms with Crippen LogP contribution in [-0.4, -0.2) is 34.7 Å². The van der Waals surface area contributed by atoms with Crippen molar-refractivity contribution in [2.45, 2.75) is 64.1 Å². The van der Waals surface area contributed by atoms with Crippen LogP contribution in [0.4, 0.5) is 0 Å². The van der Waals surface area contributed by atoms with Gasteiger partial charge in [-0.25, -0.2) is 0 Å². The van der Waals surface area contributed by atoms with Crippen LogP contribution in [-0.2, 0) is 9.63 Å². The molecule has 1 aromatic rings. The van der Waals surface area contributed by atoms with Gasteiger partial charge in [0.05, 0.1) is 5.71 Å². The van der Waals surface area contributed by atoms with Gasteiger partial charge in [0.15, 0.2) is 0 Å². The Bertz CT molecular complexity index is 547. The Hall–Kier alpha value is -1.84. The SMILES string of the molecule is CC(C)N(C(=O)C1CC(c2ccccc2)=NO1)C1CCCC1. The topological polar surface area (TPSA) is 41.9 Å². The third-order valence-electron chi connectivity index (χ3n) is 4.58. The standard InChI is InChI=1S/C18H24N2O2/c1-13(2)20(15-10-6-7-11-15)18(21)17-12-16(19-22-17)14-8-4-3-5-9-14/h3-5,8-9,13,15,17H,6-7,10-12H2,1-2H3. The van der Waals surface area contributed by atoms with Crippen molar-refractivity contribution in [2.24, 2.45) is 5.16 Å². The lowest BCUT2D eigenvalue weighted by Crippen LogP contribution is -2.48. The largest absolute Gasteiger partial charge is 0.382 e. The molecule has 3 rings (SSSR count). The van der Waals surface area contributed by atoms with Crippen molar-refractivity contribution in [2.75, 3.05) is 0 Å². The molecule has 4 nitrogen and oxygen atoms in total. The van der Waals surface area contributed by atoms with Crippen LogP contribution in [0, 0.1) is 0 Å². The Morgan fingerprint density at radius 3 is 2.55 bits per heavy atom. The molecule has 0 spiro atoms. The smallest absolute Gasteiger partial charge is 0.267 e. The Balaban J connectivity index is 1.68. The highest BCUT2D eigenvalue weighted by Gasteiger charge is 2.37. The molecule has 1 aliphatic heterocycles. The van der Waals surface area contributed by atoms with Crippen LogP contribution in [0.3, 0.4) is 0 Å². The van der Waals surface area contributed by atoms with Crippen LogP contribution in [0.5, 0.6) is 0 Å². The number of carbonyl (C=O) groups excluding carboxylic acids is 1. The molecule has 1 aliphatic carbocycles. The zero-order valence-corrected chi connectivity index (χ0v) is 13.4. The zero-order valence-electron chi connectivity index (χ0n) is 13.4. The van der Waals surface area contributed by atoms with Gasteiger partial charge in [0.1, 0.15) is 0 Å². The van der Waals surface area contributed by atoms with E-state index >= 15 is 0 Å². The van der Waals surface area contributed by atoms with E-state index in [1.54, 1.807) is 0 Å². The van der Waals surface area contributed by atoms with E-state index in [2.05, 4.69) is 19.0 Å². The lowest BCUT2D eigenvalue weighted by Gasteiger charge is -2.34. The molecule has 22 heavy (non-hydrogen) atoms. The van der Waals surface area contributed by atoms with Crippen molar-refractivity contribution in [1.82, 2.24) is 4.90 Å². The van der Waals surface area contributed by atoms with E-state index in [-0.39, 0.29) is 11.9 Å². The van der Waals surface area contributed by atoms with Gasteiger partial charge < -0.3 is 9.74 Å². The van der Waals surface area contributed by atoms with Crippen LogP contribution >= 0.6 is 0 Å². The van der Waals surface area contributed by atoms with Crippen molar-refractivity contribution in [1.29, 1.82) is 0 Å². The van der Waals surface area contributed by atoms with E-state index in [9.17, 15) is 4.79 Å². The first-order chi connectivity index (χ1) is 10.7. The molecule has 1 aromatic carbocycles. The van der Waals surface area contributed by atoms with Crippen LogP contribution < -0.4 is 0 Å². The van der Waals surface area contributed by atoms with Gasteiger partial charge in [-0.15, -0.1) is 0 Å². The summed E-state index contributed by atoms with van der Waals surface area (Å²) in [6.45, 7) is 4.17. The Labute approximate surface area is 132 Å². The normalized spacial score (nSPS) is 21.8. The molecule has 0 radical (unpaired) electrons. The monoisotopic (exact) mass is 300 g/mol. The molecule has 0 aromatic heterocycles. The summed E-state index contributed by atoms with van der Waals surface area (Å²) in [5.41, 5.74) is 1.91. The second-order valence-electron chi connectivity index (χ2n) is 6.48. The number of hydrogen-bond donors (Lipinski definition) is 0. The molecular formula is C18H24N2O2. The molecule has 1 amide bonds. The van der Waals surface area contributed by atoms with Gasteiger partial charge >= 0.3 is 0 Å². The Kier molecular flexibility index (Phi) is 4.46. The molecule has 4 heteroatoms. The van der Waals surface area contributed by atoms with E-state index in [1.165, 1.54) is 12.8 Å². The fourth-order valence-corrected chi connectivity index (χ4v) is 3.52. The molecule has 0 bridgehead atoms. The molecule has 0 saturated heterocycles. The highest BCUT2D eigenvalue weighted by Crippen LogP contribution is 2.28. The van der Waals surface area contributed by atoms with Gasteiger partial charge in [-0.05, 0) is 32.3 Å². The molecule has 1 saturated carbocycles. The number of nitrogens with zero attached hydrogens (tertiary/aromatic N) is 2. The Morgan fingerprint density at radius 2 is 1.91 bits per heavy atom. The van der Waals surface area contributed by atoms with Gasteiger partial charge in [-0.2, -0.15) is 0 Å². The van der Waals surface area contributed by atoms with Gasteiger partial charge in [0.2, 0.25) is 6.10 Å². The first kappa shape index (κ1) is 15.1. The van der Waals surface area contributed by atoms with Gasteiger partial charge in [-0.3, -0.25) is 4.79 Å². The minimum atomic E-state index is -0.460. The molecule has 118 valence electrons. The predicted octanol–water partition coefficient (Wildman–Crippen LogP) is 3.36. The van der Waals surface area contributed by atoms with E-state index in [0.717, 1.165) is 24.1 Å². The van der Waals surface area contributed by atoms with Crippen molar-refractivity contribution < 1.29 is 9.63 Å².